The van der Waals surface area contributed by atoms with Crippen LogP contribution >= 0.6 is 0 Å². The molecule has 96 valence electrons. The number of hydrogen-bond acceptors (Lipinski definition) is 4. The van der Waals surface area contributed by atoms with Crippen molar-refractivity contribution in [2.24, 2.45) is 0 Å². The summed E-state index contributed by atoms with van der Waals surface area (Å²) >= 11 is 0. The van der Waals surface area contributed by atoms with Gasteiger partial charge in [0.05, 0.1) is 11.9 Å². The van der Waals surface area contributed by atoms with E-state index in [1.165, 1.54) is 6.20 Å². The molecule has 6 nitrogen and oxygen atoms in total. The van der Waals surface area contributed by atoms with E-state index >= 15 is 0 Å². The molecule has 0 fully saturated rings. The highest BCUT2D eigenvalue weighted by Crippen LogP contribution is 2.04. The van der Waals surface area contributed by atoms with E-state index in [1.54, 1.807) is 0 Å². The molecule has 0 spiro atoms. The second-order valence-electron chi connectivity index (χ2n) is 4.38. The Morgan fingerprint density at radius 3 is 2.88 bits per heavy atom. The van der Waals surface area contributed by atoms with Gasteiger partial charge in [-0.3, -0.25) is 9.89 Å². The predicted octanol–water partition coefficient (Wildman–Crippen LogP) is 0.452. The first-order valence-corrected chi connectivity index (χ1v) is 5.79. The zero-order chi connectivity index (χ0) is 12.8. The predicted molar refractivity (Wildman–Crippen MR) is 67.7 cm³/mol. The molecule has 0 unspecified atom stereocenters. The monoisotopic (exact) mass is 239 g/mol. The molecule has 0 bridgehead atoms. The minimum atomic E-state index is -0.202. The topological polar surface area (TPSA) is 87.0 Å². The lowest BCUT2D eigenvalue weighted by Crippen LogP contribution is -2.31. The molecular formula is C11H21N5O. The van der Waals surface area contributed by atoms with Gasteiger partial charge in [-0.25, -0.2) is 0 Å². The Balaban J connectivity index is 2.24. The second-order valence-corrected chi connectivity index (χ2v) is 4.38. The molecule has 1 aromatic rings. The average Bonchev–Trinajstić information content (AvgIpc) is 2.70. The molecule has 6 heteroatoms. The first-order chi connectivity index (χ1) is 8.02. The highest BCUT2D eigenvalue weighted by atomic mass is 16.1. The summed E-state index contributed by atoms with van der Waals surface area (Å²) in [6, 6.07) is 0.522. The highest BCUT2D eigenvalue weighted by molar-refractivity contribution is 5.96. The van der Waals surface area contributed by atoms with Gasteiger partial charge in [0.25, 0.3) is 5.91 Å². The molecule has 0 aromatic carbocycles. The third-order valence-electron chi connectivity index (χ3n) is 2.75. The van der Waals surface area contributed by atoms with Crippen LogP contribution in [0.3, 0.4) is 0 Å². The van der Waals surface area contributed by atoms with Crippen LogP contribution in [0.15, 0.2) is 6.20 Å². The zero-order valence-corrected chi connectivity index (χ0v) is 10.7. The van der Waals surface area contributed by atoms with E-state index in [4.69, 9.17) is 5.73 Å². The maximum absolute atomic E-state index is 11.6. The van der Waals surface area contributed by atoms with Gasteiger partial charge in [-0.05, 0) is 33.9 Å². The highest BCUT2D eigenvalue weighted by Gasteiger charge is 2.10. The van der Waals surface area contributed by atoms with Gasteiger partial charge in [-0.2, -0.15) is 5.10 Å². The van der Waals surface area contributed by atoms with Gasteiger partial charge in [-0.15, -0.1) is 0 Å². The first-order valence-electron chi connectivity index (χ1n) is 5.79. The maximum atomic E-state index is 11.6. The summed E-state index contributed by atoms with van der Waals surface area (Å²) in [7, 11) is 2.07. The van der Waals surface area contributed by atoms with Gasteiger partial charge < -0.3 is 16.0 Å². The number of carbonyl (C=O) groups is 1. The van der Waals surface area contributed by atoms with Gasteiger partial charge in [0.15, 0.2) is 0 Å². The van der Waals surface area contributed by atoms with Gasteiger partial charge in [0.1, 0.15) is 5.69 Å². The first kappa shape index (κ1) is 13.5. The molecule has 1 aromatic heterocycles. The number of amides is 1. The molecule has 0 aliphatic carbocycles. The molecular weight excluding hydrogens is 218 g/mol. The van der Waals surface area contributed by atoms with Crippen LogP contribution in [0.5, 0.6) is 0 Å². The summed E-state index contributed by atoms with van der Waals surface area (Å²) in [4.78, 5) is 13.9. The van der Waals surface area contributed by atoms with Crippen molar-refractivity contribution in [3.8, 4) is 0 Å². The Kier molecular flexibility index (Phi) is 4.96. The standard InChI is InChI=1S/C11H21N5O/c1-8(2)16(3)6-4-5-13-11(17)10-9(12)7-14-15-10/h7-8H,4-6,12H2,1-3H3,(H,13,17)(H,14,15). The summed E-state index contributed by atoms with van der Waals surface area (Å²) in [6.07, 6.45) is 2.34. The number of rotatable bonds is 6. The quantitative estimate of drug-likeness (QED) is 0.629. The molecule has 0 saturated carbocycles. The number of aromatic amines is 1. The van der Waals surface area contributed by atoms with Crippen molar-refractivity contribution in [3.05, 3.63) is 11.9 Å². The van der Waals surface area contributed by atoms with E-state index in [-0.39, 0.29) is 5.91 Å². The van der Waals surface area contributed by atoms with Gasteiger partial charge >= 0.3 is 0 Å². The lowest BCUT2D eigenvalue weighted by atomic mass is 10.3. The van der Waals surface area contributed by atoms with Crippen LogP contribution < -0.4 is 11.1 Å². The van der Waals surface area contributed by atoms with Crippen LogP contribution in [0.25, 0.3) is 0 Å². The Labute approximate surface area is 102 Å². The fraction of sp³-hybridized carbons (Fsp3) is 0.636. The largest absolute Gasteiger partial charge is 0.396 e. The van der Waals surface area contributed by atoms with Crippen LogP contribution in [-0.4, -0.2) is 47.2 Å². The summed E-state index contributed by atoms with van der Waals surface area (Å²) in [5.41, 5.74) is 6.28. The summed E-state index contributed by atoms with van der Waals surface area (Å²) < 4.78 is 0. The second kappa shape index (κ2) is 6.24. The summed E-state index contributed by atoms with van der Waals surface area (Å²) in [5.74, 6) is -0.202. The van der Waals surface area contributed by atoms with Crippen LogP contribution in [0.2, 0.25) is 0 Å². The average molecular weight is 239 g/mol. The number of aromatic nitrogens is 2. The Bertz CT molecular complexity index is 360. The van der Waals surface area contributed by atoms with Crippen LogP contribution in [-0.2, 0) is 0 Å². The van der Waals surface area contributed by atoms with E-state index in [0.717, 1.165) is 13.0 Å². The SMILES string of the molecule is CC(C)N(C)CCCNC(=O)c1[nH]ncc1N. The molecule has 4 N–H and O–H groups in total. The van der Waals surface area contributed by atoms with E-state index in [1.807, 2.05) is 0 Å². The lowest BCUT2D eigenvalue weighted by molar-refractivity contribution is 0.0947. The van der Waals surface area contributed by atoms with Crippen molar-refractivity contribution in [3.63, 3.8) is 0 Å². The lowest BCUT2D eigenvalue weighted by Gasteiger charge is -2.20. The summed E-state index contributed by atoms with van der Waals surface area (Å²) in [6.45, 7) is 5.87. The molecule has 1 heterocycles. The Morgan fingerprint density at radius 1 is 1.65 bits per heavy atom. The van der Waals surface area contributed by atoms with Crippen LogP contribution in [0.1, 0.15) is 30.8 Å². The van der Waals surface area contributed by atoms with Crippen molar-refractivity contribution in [1.29, 1.82) is 0 Å². The van der Waals surface area contributed by atoms with Gasteiger partial charge in [0, 0.05) is 12.6 Å². The number of carbonyl (C=O) groups excluding carboxylic acids is 1. The van der Waals surface area contributed by atoms with E-state index in [9.17, 15) is 4.79 Å². The molecule has 0 atom stereocenters. The van der Waals surface area contributed by atoms with Gasteiger partial charge in [0.2, 0.25) is 0 Å². The molecule has 17 heavy (non-hydrogen) atoms. The third-order valence-corrected chi connectivity index (χ3v) is 2.75. The maximum Gasteiger partial charge on any atom is 0.271 e. The molecule has 0 aliphatic rings. The van der Waals surface area contributed by atoms with Crippen molar-refractivity contribution >= 4 is 11.6 Å². The number of anilines is 1. The third kappa shape index (κ3) is 4.07. The van der Waals surface area contributed by atoms with Crippen LogP contribution in [0, 0.1) is 0 Å². The van der Waals surface area contributed by atoms with Crippen molar-refractivity contribution in [1.82, 2.24) is 20.4 Å². The minimum absolute atomic E-state index is 0.202. The summed E-state index contributed by atoms with van der Waals surface area (Å²) in [5, 5.41) is 9.08. The number of nitrogens with zero attached hydrogens (tertiary/aromatic N) is 2. The molecule has 0 radical (unpaired) electrons. The molecule has 0 aliphatic heterocycles. The van der Waals surface area contributed by atoms with Crippen LogP contribution in [0.4, 0.5) is 5.69 Å². The van der Waals surface area contributed by atoms with E-state index < -0.39 is 0 Å². The zero-order valence-electron chi connectivity index (χ0n) is 10.7. The van der Waals surface area contributed by atoms with E-state index in [0.29, 0.717) is 24.0 Å². The number of hydrogen-bond donors (Lipinski definition) is 3. The molecule has 1 amide bonds. The minimum Gasteiger partial charge on any atom is -0.396 e. The number of H-pyrrole nitrogens is 1. The van der Waals surface area contributed by atoms with Crippen molar-refractivity contribution < 1.29 is 4.79 Å². The number of nitrogens with one attached hydrogen (secondary N) is 2. The smallest absolute Gasteiger partial charge is 0.271 e. The molecule has 1 rings (SSSR count). The van der Waals surface area contributed by atoms with Crippen molar-refractivity contribution in [2.45, 2.75) is 26.3 Å². The number of nitrogen functional groups attached to an aromatic ring is 1. The fourth-order valence-corrected chi connectivity index (χ4v) is 1.35. The fourth-order valence-electron chi connectivity index (χ4n) is 1.35. The number of nitrogens with two attached hydrogens (primary N) is 1. The Hall–Kier alpha value is -1.56. The van der Waals surface area contributed by atoms with Gasteiger partial charge in [-0.1, -0.05) is 0 Å². The Morgan fingerprint density at radius 2 is 2.35 bits per heavy atom. The normalized spacial score (nSPS) is 11.1. The van der Waals surface area contributed by atoms with E-state index in [2.05, 4.69) is 41.3 Å². The van der Waals surface area contributed by atoms with Crippen molar-refractivity contribution in [2.75, 3.05) is 25.9 Å². The molecule has 0 saturated heterocycles.